The van der Waals surface area contributed by atoms with Gasteiger partial charge in [0.25, 0.3) is 0 Å². The van der Waals surface area contributed by atoms with Gasteiger partial charge >= 0.3 is 0 Å². The molecule has 0 bridgehead atoms. The summed E-state index contributed by atoms with van der Waals surface area (Å²) in [6.07, 6.45) is 0.592. The lowest BCUT2D eigenvalue weighted by atomic mass is 10.3. The Labute approximate surface area is 119 Å². The Kier molecular flexibility index (Phi) is 3.40. The predicted molar refractivity (Wildman–Crippen MR) is 72.3 cm³/mol. The van der Waals surface area contributed by atoms with Crippen LogP contribution in [-0.4, -0.2) is 25.6 Å². The zero-order chi connectivity index (χ0) is 14.1. The second kappa shape index (κ2) is 5.20. The molecule has 0 atom stereocenters. The molecular formula is C13H12ClFN4O. The van der Waals surface area contributed by atoms with Crippen molar-refractivity contribution in [3.63, 3.8) is 0 Å². The fourth-order valence-corrected chi connectivity index (χ4v) is 2.31. The van der Waals surface area contributed by atoms with Gasteiger partial charge in [-0.05, 0) is 18.2 Å². The number of imidazole rings is 1. The van der Waals surface area contributed by atoms with Crippen LogP contribution in [0.25, 0.3) is 11.0 Å². The van der Waals surface area contributed by atoms with Crippen LogP contribution in [0.1, 0.15) is 17.5 Å². The molecule has 5 nitrogen and oxygen atoms in total. The van der Waals surface area contributed by atoms with Gasteiger partial charge < -0.3 is 9.09 Å². The van der Waals surface area contributed by atoms with E-state index in [1.165, 1.54) is 12.1 Å². The molecule has 3 aromatic rings. The summed E-state index contributed by atoms with van der Waals surface area (Å²) >= 11 is 5.80. The first-order chi connectivity index (χ1) is 9.67. The lowest BCUT2D eigenvalue weighted by molar-refractivity contribution is 0.386. The Morgan fingerprint density at radius 2 is 2.20 bits per heavy atom. The molecule has 0 radical (unpaired) electrons. The van der Waals surface area contributed by atoms with E-state index < -0.39 is 0 Å². The van der Waals surface area contributed by atoms with E-state index in [-0.39, 0.29) is 5.82 Å². The van der Waals surface area contributed by atoms with Crippen LogP contribution in [0.5, 0.6) is 0 Å². The molecule has 0 fully saturated rings. The van der Waals surface area contributed by atoms with Crippen LogP contribution in [0.2, 0.25) is 0 Å². The van der Waals surface area contributed by atoms with Crippen molar-refractivity contribution < 1.29 is 8.91 Å². The van der Waals surface area contributed by atoms with Gasteiger partial charge in [-0.15, -0.1) is 11.6 Å². The minimum Gasteiger partial charge on any atom is -0.340 e. The zero-order valence-electron chi connectivity index (χ0n) is 10.8. The average molecular weight is 295 g/mol. The summed E-state index contributed by atoms with van der Waals surface area (Å²) in [6, 6.07) is 4.50. The number of aryl methyl sites for hydroxylation is 2. The zero-order valence-corrected chi connectivity index (χ0v) is 11.6. The van der Waals surface area contributed by atoms with Gasteiger partial charge in [0.2, 0.25) is 5.89 Å². The Morgan fingerprint density at radius 1 is 1.35 bits per heavy atom. The Balaban J connectivity index is 2.09. The SMILES string of the molecule is Cc1nc(Cn2c(CCCl)nc3ccc(F)cc32)no1. The molecule has 0 aliphatic rings. The number of nitrogens with zero attached hydrogens (tertiary/aromatic N) is 4. The van der Waals surface area contributed by atoms with E-state index in [2.05, 4.69) is 15.1 Å². The summed E-state index contributed by atoms with van der Waals surface area (Å²) in [5.41, 5.74) is 1.43. The fourth-order valence-electron chi connectivity index (χ4n) is 2.14. The van der Waals surface area contributed by atoms with Gasteiger partial charge in [0.15, 0.2) is 5.82 Å². The summed E-state index contributed by atoms with van der Waals surface area (Å²) in [5.74, 6) is 1.94. The number of aromatic nitrogens is 4. The van der Waals surface area contributed by atoms with Gasteiger partial charge in [0.1, 0.15) is 11.6 Å². The molecule has 0 aliphatic heterocycles. The maximum atomic E-state index is 13.4. The topological polar surface area (TPSA) is 56.7 Å². The highest BCUT2D eigenvalue weighted by atomic mass is 35.5. The highest BCUT2D eigenvalue weighted by Gasteiger charge is 2.13. The first kappa shape index (κ1) is 13.1. The number of benzene rings is 1. The van der Waals surface area contributed by atoms with E-state index >= 15 is 0 Å². The quantitative estimate of drug-likeness (QED) is 0.694. The summed E-state index contributed by atoms with van der Waals surface area (Å²) < 4.78 is 20.3. The van der Waals surface area contributed by atoms with Crippen LogP contribution < -0.4 is 0 Å². The standard InChI is InChI=1S/C13H12ClFN4O/c1-8-16-12(18-20-8)7-19-11-6-9(15)2-3-10(11)17-13(19)4-5-14/h2-3,6H,4-5,7H2,1H3. The molecule has 104 valence electrons. The van der Waals surface area contributed by atoms with Crippen LogP contribution in [-0.2, 0) is 13.0 Å². The summed E-state index contributed by atoms with van der Waals surface area (Å²) in [4.78, 5) is 8.64. The second-order valence-corrected chi connectivity index (χ2v) is 4.79. The molecule has 2 heterocycles. The molecule has 0 unspecified atom stereocenters. The van der Waals surface area contributed by atoms with Crippen molar-refractivity contribution in [2.24, 2.45) is 0 Å². The first-order valence-corrected chi connectivity index (χ1v) is 6.70. The molecule has 0 saturated heterocycles. The van der Waals surface area contributed by atoms with Gasteiger partial charge in [0.05, 0.1) is 17.6 Å². The van der Waals surface area contributed by atoms with Crippen LogP contribution in [0, 0.1) is 12.7 Å². The molecule has 7 heteroatoms. The van der Waals surface area contributed by atoms with Crippen molar-refractivity contribution in [1.29, 1.82) is 0 Å². The molecule has 0 aliphatic carbocycles. The minimum absolute atomic E-state index is 0.305. The molecular weight excluding hydrogens is 283 g/mol. The third kappa shape index (κ3) is 2.38. The Morgan fingerprint density at radius 3 is 2.90 bits per heavy atom. The van der Waals surface area contributed by atoms with Gasteiger partial charge in [-0.3, -0.25) is 0 Å². The maximum Gasteiger partial charge on any atom is 0.223 e. The number of rotatable bonds is 4. The van der Waals surface area contributed by atoms with E-state index in [0.29, 0.717) is 36.1 Å². The summed E-state index contributed by atoms with van der Waals surface area (Å²) in [5, 5.41) is 3.86. The molecule has 0 N–H and O–H groups in total. The van der Waals surface area contributed by atoms with Crippen molar-refractivity contribution in [2.45, 2.75) is 19.9 Å². The lowest BCUT2D eigenvalue weighted by Gasteiger charge is -2.05. The van der Waals surface area contributed by atoms with Crippen molar-refractivity contribution in [3.05, 3.63) is 41.6 Å². The summed E-state index contributed by atoms with van der Waals surface area (Å²) in [7, 11) is 0. The van der Waals surface area contributed by atoms with Crippen LogP contribution in [0.4, 0.5) is 4.39 Å². The number of halogens is 2. The van der Waals surface area contributed by atoms with Crippen LogP contribution in [0.15, 0.2) is 22.7 Å². The molecule has 2 aromatic heterocycles. The highest BCUT2D eigenvalue weighted by Crippen LogP contribution is 2.19. The normalized spacial score (nSPS) is 11.3. The molecule has 0 spiro atoms. The molecule has 0 saturated carbocycles. The predicted octanol–water partition coefficient (Wildman–Crippen LogP) is 2.70. The average Bonchev–Trinajstić information content (AvgIpc) is 2.96. The third-order valence-electron chi connectivity index (χ3n) is 2.98. The van der Waals surface area contributed by atoms with Crippen molar-refractivity contribution in [3.8, 4) is 0 Å². The number of hydrogen-bond acceptors (Lipinski definition) is 4. The third-order valence-corrected chi connectivity index (χ3v) is 3.17. The van der Waals surface area contributed by atoms with Gasteiger partial charge in [-0.1, -0.05) is 5.16 Å². The molecule has 3 rings (SSSR count). The van der Waals surface area contributed by atoms with E-state index in [1.54, 1.807) is 13.0 Å². The molecule has 0 amide bonds. The first-order valence-electron chi connectivity index (χ1n) is 6.17. The monoisotopic (exact) mass is 294 g/mol. The molecule has 20 heavy (non-hydrogen) atoms. The smallest absolute Gasteiger partial charge is 0.223 e. The van der Waals surface area contributed by atoms with E-state index in [4.69, 9.17) is 16.1 Å². The van der Waals surface area contributed by atoms with Gasteiger partial charge in [-0.2, -0.15) is 4.98 Å². The number of hydrogen-bond donors (Lipinski definition) is 0. The summed E-state index contributed by atoms with van der Waals surface area (Å²) in [6.45, 7) is 2.10. The number of fused-ring (bicyclic) bond motifs is 1. The molecule has 1 aromatic carbocycles. The Bertz CT molecular complexity index is 752. The largest absolute Gasteiger partial charge is 0.340 e. The van der Waals surface area contributed by atoms with E-state index in [0.717, 1.165) is 11.3 Å². The van der Waals surface area contributed by atoms with Crippen LogP contribution >= 0.6 is 11.6 Å². The number of alkyl halides is 1. The van der Waals surface area contributed by atoms with E-state index in [1.807, 2.05) is 4.57 Å². The van der Waals surface area contributed by atoms with Crippen LogP contribution in [0.3, 0.4) is 0 Å². The second-order valence-electron chi connectivity index (χ2n) is 4.42. The minimum atomic E-state index is -0.305. The Hall–Kier alpha value is -1.95. The van der Waals surface area contributed by atoms with E-state index in [9.17, 15) is 4.39 Å². The van der Waals surface area contributed by atoms with Crippen molar-refractivity contribution >= 4 is 22.6 Å². The fraction of sp³-hybridized carbons (Fsp3) is 0.308. The highest BCUT2D eigenvalue weighted by molar-refractivity contribution is 6.17. The lowest BCUT2D eigenvalue weighted by Crippen LogP contribution is -2.07. The van der Waals surface area contributed by atoms with Crippen molar-refractivity contribution in [1.82, 2.24) is 19.7 Å². The van der Waals surface area contributed by atoms with Gasteiger partial charge in [0, 0.05) is 19.2 Å². The maximum absolute atomic E-state index is 13.4. The van der Waals surface area contributed by atoms with Gasteiger partial charge in [-0.25, -0.2) is 9.37 Å². The van der Waals surface area contributed by atoms with Crippen molar-refractivity contribution in [2.75, 3.05) is 5.88 Å².